The van der Waals surface area contributed by atoms with Crippen LogP contribution in [-0.2, 0) is 13.0 Å². The largest absolute Gasteiger partial charge is 0.339 e. The zero-order valence-corrected chi connectivity index (χ0v) is 10.1. The fraction of sp³-hybridized carbons (Fsp3) is 0.818. The standard InChI is InChI=1S/C11H20N4O/c1-3-4-11-13-10(14-16-11)8-15-6-5-12-9(2)7-15/h9,12H,3-8H2,1-2H3. The van der Waals surface area contributed by atoms with Crippen LogP contribution in [0, 0.1) is 0 Å². The van der Waals surface area contributed by atoms with E-state index in [0.29, 0.717) is 6.04 Å². The fourth-order valence-corrected chi connectivity index (χ4v) is 2.03. The van der Waals surface area contributed by atoms with Crippen molar-refractivity contribution >= 4 is 0 Å². The zero-order chi connectivity index (χ0) is 11.4. The van der Waals surface area contributed by atoms with Gasteiger partial charge in [-0.15, -0.1) is 0 Å². The normalized spacial score (nSPS) is 22.5. The molecule has 5 nitrogen and oxygen atoms in total. The molecule has 16 heavy (non-hydrogen) atoms. The van der Waals surface area contributed by atoms with Crippen LogP contribution in [0.1, 0.15) is 32.0 Å². The van der Waals surface area contributed by atoms with Crippen LogP contribution < -0.4 is 5.32 Å². The summed E-state index contributed by atoms with van der Waals surface area (Å²) in [5, 5.41) is 7.42. The van der Waals surface area contributed by atoms with E-state index in [0.717, 1.165) is 50.7 Å². The van der Waals surface area contributed by atoms with Crippen LogP contribution in [0.5, 0.6) is 0 Å². The van der Waals surface area contributed by atoms with Crippen molar-refractivity contribution in [3.8, 4) is 0 Å². The molecule has 2 rings (SSSR count). The van der Waals surface area contributed by atoms with Crippen molar-refractivity contribution < 1.29 is 4.52 Å². The van der Waals surface area contributed by atoms with Gasteiger partial charge in [-0.1, -0.05) is 12.1 Å². The molecule has 1 aromatic rings. The first kappa shape index (κ1) is 11.5. The number of hydrogen-bond donors (Lipinski definition) is 1. The van der Waals surface area contributed by atoms with E-state index >= 15 is 0 Å². The number of hydrogen-bond acceptors (Lipinski definition) is 5. The van der Waals surface area contributed by atoms with Crippen molar-refractivity contribution in [2.45, 2.75) is 39.3 Å². The Kier molecular flexibility index (Phi) is 3.90. The predicted octanol–water partition coefficient (Wildman–Crippen LogP) is 0.816. The Morgan fingerprint density at radius 2 is 2.44 bits per heavy atom. The third kappa shape index (κ3) is 3.02. The molecule has 0 aromatic carbocycles. The van der Waals surface area contributed by atoms with E-state index in [4.69, 9.17) is 4.52 Å². The van der Waals surface area contributed by atoms with Crippen LogP contribution in [0.2, 0.25) is 0 Å². The Balaban J connectivity index is 1.87. The Labute approximate surface area is 96.2 Å². The minimum Gasteiger partial charge on any atom is -0.339 e. The predicted molar refractivity (Wildman–Crippen MR) is 61.0 cm³/mol. The van der Waals surface area contributed by atoms with Gasteiger partial charge in [-0.25, -0.2) is 0 Å². The van der Waals surface area contributed by atoms with Gasteiger partial charge < -0.3 is 9.84 Å². The first-order chi connectivity index (χ1) is 7.78. The molecule has 1 saturated heterocycles. The molecule has 0 bridgehead atoms. The molecular formula is C11H20N4O. The third-order valence-corrected chi connectivity index (χ3v) is 2.79. The van der Waals surface area contributed by atoms with Crippen molar-refractivity contribution in [3.05, 3.63) is 11.7 Å². The summed E-state index contributed by atoms with van der Waals surface area (Å²) < 4.78 is 5.17. The summed E-state index contributed by atoms with van der Waals surface area (Å²) in [5.41, 5.74) is 0. The molecule has 0 radical (unpaired) electrons. The second-order valence-corrected chi connectivity index (χ2v) is 4.44. The Hall–Kier alpha value is -0.940. The van der Waals surface area contributed by atoms with Gasteiger partial charge in [0.15, 0.2) is 5.82 Å². The summed E-state index contributed by atoms with van der Waals surface area (Å²) in [4.78, 5) is 6.74. The smallest absolute Gasteiger partial charge is 0.226 e. The van der Waals surface area contributed by atoms with Gasteiger partial charge in [0.05, 0.1) is 6.54 Å². The first-order valence-electron chi connectivity index (χ1n) is 6.05. The molecular weight excluding hydrogens is 204 g/mol. The maximum Gasteiger partial charge on any atom is 0.226 e. The van der Waals surface area contributed by atoms with Gasteiger partial charge in [-0.05, 0) is 13.3 Å². The molecule has 1 aliphatic heterocycles. The van der Waals surface area contributed by atoms with Gasteiger partial charge in [0.25, 0.3) is 0 Å². The molecule has 0 spiro atoms. The first-order valence-corrected chi connectivity index (χ1v) is 6.05. The molecule has 1 atom stereocenters. The second-order valence-electron chi connectivity index (χ2n) is 4.44. The van der Waals surface area contributed by atoms with Gasteiger partial charge in [0, 0.05) is 32.1 Å². The van der Waals surface area contributed by atoms with Crippen molar-refractivity contribution in [3.63, 3.8) is 0 Å². The maximum absolute atomic E-state index is 5.17. The summed E-state index contributed by atoms with van der Waals surface area (Å²) in [7, 11) is 0. The van der Waals surface area contributed by atoms with E-state index in [9.17, 15) is 0 Å². The molecule has 0 aliphatic carbocycles. The van der Waals surface area contributed by atoms with E-state index in [1.54, 1.807) is 0 Å². The zero-order valence-electron chi connectivity index (χ0n) is 10.1. The lowest BCUT2D eigenvalue weighted by molar-refractivity contribution is 0.193. The highest BCUT2D eigenvalue weighted by atomic mass is 16.5. The average Bonchev–Trinajstić information content (AvgIpc) is 2.66. The molecule has 1 aromatic heterocycles. The number of nitrogens with one attached hydrogen (secondary N) is 1. The van der Waals surface area contributed by atoms with E-state index in [2.05, 4.69) is 34.2 Å². The number of aryl methyl sites for hydroxylation is 1. The summed E-state index contributed by atoms with van der Waals surface area (Å²) in [6.45, 7) is 8.27. The number of nitrogens with zero attached hydrogens (tertiary/aromatic N) is 3. The van der Waals surface area contributed by atoms with Crippen LogP contribution >= 0.6 is 0 Å². The Bertz CT molecular complexity index is 326. The minimum atomic E-state index is 0.552. The average molecular weight is 224 g/mol. The molecule has 1 aliphatic rings. The van der Waals surface area contributed by atoms with Gasteiger partial charge >= 0.3 is 0 Å². The summed E-state index contributed by atoms with van der Waals surface area (Å²) in [6.07, 6.45) is 1.93. The van der Waals surface area contributed by atoms with E-state index in [1.807, 2.05) is 0 Å². The Morgan fingerprint density at radius 3 is 3.19 bits per heavy atom. The summed E-state index contributed by atoms with van der Waals surface area (Å²) in [6, 6.07) is 0.552. The van der Waals surface area contributed by atoms with Crippen LogP contribution in [0.3, 0.4) is 0 Å². The minimum absolute atomic E-state index is 0.552. The molecule has 1 N–H and O–H groups in total. The van der Waals surface area contributed by atoms with E-state index in [1.165, 1.54) is 0 Å². The number of piperazine rings is 1. The van der Waals surface area contributed by atoms with Crippen molar-refractivity contribution in [1.29, 1.82) is 0 Å². The molecule has 0 amide bonds. The van der Waals surface area contributed by atoms with Crippen LogP contribution in [0.4, 0.5) is 0 Å². The molecule has 1 unspecified atom stereocenters. The highest BCUT2D eigenvalue weighted by molar-refractivity contribution is 4.88. The quantitative estimate of drug-likeness (QED) is 0.820. The summed E-state index contributed by atoms with van der Waals surface area (Å²) >= 11 is 0. The molecule has 0 saturated carbocycles. The SMILES string of the molecule is CCCc1nc(CN2CCNC(C)C2)no1. The monoisotopic (exact) mass is 224 g/mol. The van der Waals surface area contributed by atoms with Crippen molar-refractivity contribution in [2.75, 3.05) is 19.6 Å². The third-order valence-electron chi connectivity index (χ3n) is 2.79. The number of rotatable bonds is 4. The van der Waals surface area contributed by atoms with Gasteiger partial charge in [0.2, 0.25) is 5.89 Å². The molecule has 5 heteroatoms. The highest BCUT2D eigenvalue weighted by Gasteiger charge is 2.17. The van der Waals surface area contributed by atoms with Crippen LogP contribution in [0.15, 0.2) is 4.52 Å². The second kappa shape index (κ2) is 5.41. The molecule has 90 valence electrons. The van der Waals surface area contributed by atoms with Gasteiger partial charge in [-0.2, -0.15) is 4.98 Å². The van der Waals surface area contributed by atoms with Gasteiger partial charge in [0.1, 0.15) is 0 Å². The van der Waals surface area contributed by atoms with Gasteiger partial charge in [-0.3, -0.25) is 4.90 Å². The molecule has 1 fully saturated rings. The number of aromatic nitrogens is 2. The van der Waals surface area contributed by atoms with E-state index < -0.39 is 0 Å². The lowest BCUT2D eigenvalue weighted by Gasteiger charge is -2.30. The van der Waals surface area contributed by atoms with Crippen molar-refractivity contribution in [2.24, 2.45) is 0 Å². The maximum atomic E-state index is 5.17. The lowest BCUT2D eigenvalue weighted by atomic mass is 10.2. The van der Waals surface area contributed by atoms with Crippen LogP contribution in [-0.4, -0.2) is 40.7 Å². The summed E-state index contributed by atoms with van der Waals surface area (Å²) in [5.74, 6) is 1.58. The topological polar surface area (TPSA) is 54.2 Å². The lowest BCUT2D eigenvalue weighted by Crippen LogP contribution is -2.48. The fourth-order valence-electron chi connectivity index (χ4n) is 2.03. The van der Waals surface area contributed by atoms with Crippen molar-refractivity contribution in [1.82, 2.24) is 20.4 Å². The Morgan fingerprint density at radius 1 is 1.56 bits per heavy atom. The molecule has 2 heterocycles. The van der Waals surface area contributed by atoms with E-state index in [-0.39, 0.29) is 0 Å². The van der Waals surface area contributed by atoms with Crippen LogP contribution in [0.25, 0.3) is 0 Å². The highest BCUT2D eigenvalue weighted by Crippen LogP contribution is 2.06.